The van der Waals surface area contributed by atoms with Gasteiger partial charge in [0.25, 0.3) is 0 Å². The minimum atomic E-state index is 0.0164. The van der Waals surface area contributed by atoms with Crippen LogP contribution in [0.15, 0.2) is 82.1 Å². The lowest BCUT2D eigenvalue weighted by Crippen LogP contribution is -2.12. The van der Waals surface area contributed by atoms with E-state index in [1.165, 1.54) is 0 Å². The van der Waals surface area contributed by atoms with Crippen molar-refractivity contribution in [1.82, 2.24) is 29.9 Å². The van der Waals surface area contributed by atoms with E-state index in [2.05, 4.69) is 25.3 Å². The Bertz CT molecular complexity index is 1630. The third-order valence-corrected chi connectivity index (χ3v) is 5.62. The number of nitrogens with zero attached hydrogens (tertiary/aromatic N) is 5. The predicted molar refractivity (Wildman–Crippen MR) is 125 cm³/mol. The second-order valence-electron chi connectivity index (χ2n) is 7.79. The van der Waals surface area contributed by atoms with E-state index >= 15 is 0 Å². The SMILES string of the molecule is Cc1nc(-c2cccc(-c3noc(Cn4c5ccccc5c(=O)c5ccccc54)n3)c2)n[nH]1. The molecule has 33 heavy (non-hydrogen) atoms. The third-order valence-electron chi connectivity index (χ3n) is 5.62. The van der Waals surface area contributed by atoms with Crippen molar-refractivity contribution in [3.05, 3.63) is 94.7 Å². The molecule has 0 spiro atoms. The Morgan fingerprint density at radius 1 is 0.848 bits per heavy atom. The molecule has 160 valence electrons. The fourth-order valence-corrected chi connectivity index (χ4v) is 4.09. The van der Waals surface area contributed by atoms with Gasteiger partial charge in [-0.25, -0.2) is 4.98 Å². The average molecular weight is 434 g/mol. The highest BCUT2D eigenvalue weighted by molar-refractivity contribution is 5.93. The van der Waals surface area contributed by atoms with Gasteiger partial charge in [-0.15, -0.1) is 0 Å². The van der Waals surface area contributed by atoms with Gasteiger partial charge in [-0.1, -0.05) is 47.6 Å². The number of H-pyrrole nitrogens is 1. The zero-order valence-corrected chi connectivity index (χ0v) is 17.7. The molecule has 3 aromatic carbocycles. The molecule has 0 unspecified atom stereocenters. The van der Waals surface area contributed by atoms with Gasteiger partial charge in [-0.2, -0.15) is 10.1 Å². The normalized spacial score (nSPS) is 11.4. The number of fused-ring (bicyclic) bond motifs is 2. The summed E-state index contributed by atoms with van der Waals surface area (Å²) in [7, 11) is 0. The minimum absolute atomic E-state index is 0.0164. The maximum atomic E-state index is 13.0. The summed E-state index contributed by atoms with van der Waals surface area (Å²) in [5, 5.41) is 12.6. The first kappa shape index (κ1) is 19.1. The van der Waals surface area contributed by atoms with E-state index in [4.69, 9.17) is 4.52 Å². The van der Waals surface area contributed by atoms with E-state index in [1.807, 2.05) is 84.3 Å². The van der Waals surface area contributed by atoms with E-state index in [0.29, 0.717) is 34.9 Å². The first-order chi connectivity index (χ1) is 16.2. The van der Waals surface area contributed by atoms with Crippen molar-refractivity contribution in [3.8, 4) is 22.8 Å². The van der Waals surface area contributed by atoms with E-state index in [9.17, 15) is 4.79 Å². The number of rotatable bonds is 4. The quantitative estimate of drug-likeness (QED) is 0.414. The summed E-state index contributed by atoms with van der Waals surface area (Å²) in [5.41, 5.74) is 3.33. The van der Waals surface area contributed by atoms with Gasteiger partial charge in [0.15, 0.2) is 11.3 Å². The summed E-state index contributed by atoms with van der Waals surface area (Å²) < 4.78 is 7.64. The van der Waals surface area contributed by atoms with Gasteiger partial charge in [0.2, 0.25) is 11.7 Å². The lowest BCUT2D eigenvalue weighted by molar-refractivity contribution is 0.374. The Morgan fingerprint density at radius 2 is 1.52 bits per heavy atom. The zero-order valence-electron chi connectivity index (χ0n) is 17.7. The van der Waals surface area contributed by atoms with Crippen molar-refractivity contribution in [1.29, 1.82) is 0 Å². The molecule has 0 aliphatic rings. The van der Waals surface area contributed by atoms with Crippen molar-refractivity contribution in [2.75, 3.05) is 0 Å². The van der Waals surface area contributed by atoms with Crippen LogP contribution >= 0.6 is 0 Å². The summed E-state index contributed by atoms with van der Waals surface area (Å²) in [6.45, 7) is 2.20. The fourth-order valence-electron chi connectivity index (χ4n) is 4.09. The standard InChI is InChI=1S/C25H18N6O2/c1-15-26-24(29-28-15)16-7-6-8-17(13-16)25-27-22(33-30-25)14-31-20-11-4-2-9-18(20)23(32)19-10-3-5-12-21(19)31/h2-13H,14H2,1H3,(H,26,28,29). The number of para-hydroxylation sites is 2. The highest BCUT2D eigenvalue weighted by atomic mass is 16.5. The fraction of sp³-hybridized carbons (Fsp3) is 0.0800. The van der Waals surface area contributed by atoms with Gasteiger partial charge in [0.05, 0.1) is 11.0 Å². The number of benzene rings is 3. The molecular formula is C25H18N6O2. The zero-order chi connectivity index (χ0) is 22.4. The van der Waals surface area contributed by atoms with E-state index < -0.39 is 0 Å². The first-order valence-corrected chi connectivity index (χ1v) is 10.5. The average Bonchev–Trinajstić information content (AvgIpc) is 3.51. The number of nitrogens with one attached hydrogen (secondary N) is 1. The smallest absolute Gasteiger partial charge is 0.246 e. The van der Waals surface area contributed by atoms with Gasteiger partial charge >= 0.3 is 0 Å². The molecule has 0 aliphatic carbocycles. The van der Waals surface area contributed by atoms with Crippen molar-refractivity contribution in [2.45, 2.75) is 13.5 Å². The number of aromatic nitrogens is 6. The minimum Gasteiger partial charge on any atom is -0.337 e. The molecule has 0 saturated carbocycles. The molecule has 0 atom stereocenters. The molecule has 0 saturated heterocycles. The first-order valence-electron chi connectivity index (χ1n) is 10.5. The van der Waals surface area contributed by atoms with Gasteiger partial charge in [-0.3, -0.25) is 9.89 Å². The molecule has 3 aromatic heterocycles. The number of aryl methyl sites for hydroxylation is 1. The van der Waals surface area contributed by atoms with Crippen LogP contribution in [0.4, 0.5) is 0 Å². The van der Waals surface area contributed by atoms with Crippen LogP contribution in [0.1, 0.15) is 11.7 Å². The molecule has 3 heterocycles. The van der Waals surface area contributed by atoms with Crippen molar-refractivity contribution in [2.24, 2.45) is 0 Å². The topological polar surface area (TPSA) is 102 Å². The Kier molecular flexibility index (Phi) is 4.36. The van der Waals surface area contributed by atoms with E-state index in [0.717, 1.165) is 28.0 Å². The van der Waals surface area contributed by atoms with Crippen LogP contribution in [0.3, 0.4) is 0 Å². The number of pyridine rings is 1. The summed E-state index contributed by atoms with van der Waals surface area (Å²) >= 11 is 0. The predicted octanol–water partition coefficient (Wildman–Crippen LogP) is 4.35. The molecule has 0 amide bonds. The highest BCUT2D eigenvalue weighted by Crippen LogP contribution is 2.24. The maximum Gasteiger partial charge on any atom is 0.246 e. The van der Waals surface area contributed by atoms with Crippen LogP contribution in [-0.2, 0) is 6.54 Å². The molecule has 0 bridgehead atoms. The monoisotopic (exact) mass is 434 g/mol. The van der Waals surface area contributed by atoms with E-state index in [1.54, 1.807) is 0 Å². The van der Waals surface area contributed by atoms with Crippen LogP contribution in [0, 0.1) is 6.92 Å². The van der Waals surface area contributed by atoms with Crippen LogP contribution < -0.4 is 5.43 Å². The van der Waals surface area contributed by atoms with E-state index in [-0.39, 0.29) is 5.43 Å². The van der Waals surface area contributed by atoms with Crippen LogP contribution in [0.25, 0.3) is 44.6 Å². The largest absolute Gasteiger partial charge is 0.337 e. The third kappa shape index (κ3) is 3.28. The molecule has 8 heteroatoms. The summed E-state index contributed by atoms with van der Waals surface area (Å²) in [6.07, 6.45) is 0. The van der Waals surface area contributed by atoms with Gasteiger partial charge in [0.1, 0.15) is 12.4 Å². The molecule has 1 N–H and O–H groups in total. The summed E-state index contributed by atoms with van der Waals surface area (Å²) in [6, 6.07) is 22.8. The number of hydrogen-bond acceptors (Lipinski definition) is 6. The molecular weight excluding hydrogens is 416 g/mol. The molecule has 0 fully saturated rings. The maximum absolute atomic E-state index is 13.0. The van der Waals surface area contributed by atoms with Crippen LogP contribution in [0.2, 0.25) is 0 Å². The van der Waals surface area contributed by atoms with Crippen molar-refractivity contribution < 1.29 is 4.52 Å². The molecule has 8 nitrogen and oxygen atoms in total. The van der Waals surface area contributed by atoms with Gasteiger partial charge in [0, 0.05) is 21.9 Å². The number of hydrogen-bond donors (Lipinski definition) is 1. The molecule has 0 aliphatic heterocycles. The molecule has 6 aromatic rings. The molecule has 6 rings (SSSR count). The Morgan fingerprint density at radius 3 is 2.18 bits per heavy atom. The molecule has 0 radical (unpaired) electrons. The Hall–Kier alpha value is -4.59. The highest BCUT2D eigenvalue weighted by Gasteiger charge is 2.15. The lowest BCUT2D eigenvalue weighted by atomic mass is 10.1. The summed E-state index contributed by atoms with van der Waals surface area (Å²) in [4.78, 5) is 22.0. The van der Waals surface area contributed by atoms with Gasteiger partial charge < -0.3 is 9.09 Å². The number of aromatic amines is 1. The summed E-state index contributed by atoms with van der Waals surface area (Å²) in [5.74, 6) is 2.29. The lowest BCUT2D eigenvalue weighted by Gasteiger charge is -2.13. The van der Waals surface area contributed by atoms with Crippen LogP contribution in [0.5, 0.6) is 0 Å². The van der Waals surface area contributed by atoms with Crippen molar-refractivity contribution in [3.63, 3.8) is 0 Å². The second-order valence-corrected chi connectivity index (χ2v) is 7.79. The Labute approximate surface area is 187 Å². The van der Waals surface area contributed by atoms with Crippen molar-refractivity contribution >= 4 is 21.8 Å². The Balaban J connectivity index is 1.42. The second kappa shape index (κ2) is 7.52. The van der Waals surface area contributed by atoms with Gasteiger partial charge in [-0.05, 0) is 37.3 Å². The van der Waals surface area contributed by atoms with Crippen LogP contribution in [-0.4, -0.2) is 29.9 Å².